The van der Waals surface area contributed by atoms with E-state index in [0.717, 1.165) is 5.56 Å². The summed E-state index contributed by atoms with van der Waals surface area (Å²) in [7, 11) is 0. The van der Waals surface area contributed by atoms with E-state index in [2.05, 4.69) is 20.8 Å². The summed E-state index contributed by atoms with van der Waals surface area (Å²) in [6.07, 6.45) is 0. The van der Waals surface area contributed by atoms with Crippen LogP contribution in [0.2, 0.25) is 5.02 Å². The van der Waals surface area contributed by atoms with Crippen LogP contribution in [-0.2, 0) is 6.61 Å². The summed E-state index contributed by atoms with van der Waals surface area (Å²) < 4.78 is 21.6. The third-order valence-electron chi connectivity index (χ3n) is 4.54. The maximum absolute atomic E-state index is 14.4. The van der Waals surface area contributed by atoms with Crippen molar-refractivity contribution in [2.24, 2.45) is 0 Å². The number of halogens is 2. The van der Waals surface area contributed by atoms with Crippen molar-refractivity contribution in [2.75, 3.05) is 5.32 Å². The molecular weight excluding hydrogens is 421 g/mol. The lowest BCUT2D eigenvalue weighted by Crippen LogP contribution is -2.15. The van der Waals surface area contributed by atoms with Crippen LogP contribution in [0.5, 0.6) is 5.75 Å². The number of aromatic nitrogens is 4. The van der Waals surface area contributed by atoms with Gasteiger partial charge in [0.25, 0.3) is 5.91 Å². The van der Waals surface area contributed by atoms with Crippen molar-refractivity contribution < 1.29 is 13.9 Å². The summed E-state index contributed by atoms with van der Waals surface area (Å²) in [6, 6.07) is 18.2. The minimum Gasteiger partial charge on any atom is -0.488 e. The zero-order valence-corrected chi connectivity index (χ0v) is 17.2. The zero-order valence-electron chi connectivity index (χ0n) is 16.4. The van der Waals surface area contributed by atoms with E-state index in [1.807, 2.05) is 18.2 Å². The van der Waals surface area contributed by atoms with Crippen LogP contribution in [-0.4, -0.2) is 26.1 Å². The van der Waals surface area contributed by atoms with Crippen LogP contribution in [0, 0.1) is 12.7 Å². The highest BCUT2D eigenvalue weighted by atomic mass is 35.5. The van der Waals surface area contributed by atoms with E-state index in [0.29, 0.717) is 22.3 Å². The molecule has 1 N–H and O–H groups in total. The third-order valence-corrected chi connectivity index (χ3v) is 4.91. The fourth-order valence-corrected chi connectivity index (χ4v) is 3.14. The van der Waals surface area contributed by atoms with Crippen LogP contribution in [0.3, 0.4) is 0 Å². The van der Waals surface area contributed by atoms with E-state index in [1.54, 1.807) is 37.3 Å². The molecule has 31 heavy (non-hydrogen) atoms. The predicted octanol–water partition coefficient (Wildman–Crippen LogP) is 4.59. The van der Waals surface area contributed by atoms with Crippen LogP contribution in [0.15, 0.2) is 66.7 Å². The number of ether oxygens (including phenoxy) is 1. The van der Waals surface area contributed by atoms with Crippen molar-refractivity contribution in [3.8, 4) is 11.4 Å². The molecule has 0 radical (unpaired) electrons. The standard InChI is InChI=1S/C22H17ClFN5O2/c1-14-26-27-28-29(14)16-10-11-19(24)20(12-16)25-22(30)17-7-3-5-9-21(17)31-13-15-6-2-4-8-18(15)23/h2-12H,13H2,1H3,(H,25,30). The Kier molecular flexibility index (Phi) is 5.90. The Bertz CT molecular complexity index is 1240. The number of carbonyl (C=O) groups is 1. The first-order valence-corrected chi connectivity index (χ1v) is 9.72. The molecule has 1 amide bonds. The van der Waals surface area contributed by atoms with E-state index in [-0.39, 0.29) is 17.9 Å². The van der Waals surface area contributed by atoms with Gasteiger partial charge in [0.15, 0.2) is 5.82 Å². The van der Waals surface area contributed by atoms with Crippen molar-refractivity contribution in [3.63, 3.8) is 0 Å². The van der Waals surface area contributed by atoms with Gasteiger partial charge in [0.2, 0.25) is 0 Å². The molecule has 0 aliphatic carbocycles. The molecular formula is C22H17ClFN5O2. The van der Waals surface area contributed by atoms with Gasteiger partial charge >= 0.3 is 0 Å². The predicted molar refractivity (Wildman–Crippen MR) is 114 cm³/mol. The van der Waals surface area contributed by atoms with Gasteiger partial charge < -0.3 is 10.1 Å². The maximum Gasteiger partial charge on any atom is 0.259 e. The second kappa shape index (κ2) is 8.93. The van der Waals surface area contributed by atoms with Crippen molar-refractivity contribution in [3.05, 3.63) is 94.5 Å². The van der Waals surface area contributed by atoms with Gasteiger partial charge in [-0.15, -0.1) is 5.10 Å². The van der Waals surface area contributed by atoms with E-state index in [1.165, 1.54) is 22.9 Å². The number of hydrogen-bond acceptors (Lipinski definition) is 5. The normalized spacial score (nSPS) is 10.7. The minimum atomic E-state index is -0.586. The summed E-state index contributed by atoms with van der Waals surface area (Å²) in [5, 5.41) is 14.4. The number of para-hydroxylation sites is 1. The van der Waals surface area contributed by atoms with Gasteiger partial charge in [-0.1, -0.05) is 41.9 Å². The number of nitrogens with zero attached hydrogens (tertiary/aromatic N) is 4. The largest absolute Gasteiger partial charge is 0.488 e. The van der Waals surface area contributed by atoms with Crippen LogP contribution in [0.4, 0.5) is 10.1 Å². The smallest absolute Gasteiger partial charge is 0.259 e. The van der Waals surface area contributed by atoms with Crippen molar-refractivity contribution in [2.45, 2.75) is 13.5 Å². The highest BCUT2D eigenvalue weighted by molar-refractivity contribution is 6.31. The van der Waals surface area contributed by atoms with Gasteiger partial charge in [0.05, 0.1) is 16.9 Å². The van der Waals surface area contributed by atoms with E-state index in [4.69, 9.17) is 16.3 Å². The van der Waals surface area contributed by atoms with Gasteiger partial charge in [-0.2, -0.15) is 4.68 Å². The number of nitrogens with one attached hydrogen (secondary N) is 1. The maximum atomic E-state index is 14.4. The topological polar surface area (TPSA) is 81.9 Å². The fraction of sp³-hybridized carbons (Fsp3) is 0.0909. The quantitative estimate of drug-likeness (QED) is 0.477. The Labute approximate surface area is 182 Å². The number of benzene rings is 3. The summed E-state index contributed by atoms with van der Waals surface area (Å²) in [5.41, 5.74) is 1.56. The lowest BCUT2D eigenvalue weighted by atomic mass is 10.1. The Balaban J connectivity index is 1.56. The lowest BCUT2D eigenvalue weighted by Gasteiger charge is -2.13. The first-order chi connectivity index (χ1) is 15.0. The Morgan fingerprint density at radius 3 is 2.68 bits per heavy atom. The van der Waals surface area contributed by atoms with Gasteiger partial charge in [0.1, 0.15) is 18.2 Å². The molecule has 156 valence electrons. The van der Waals surface area contributed by atoms with Gasteiger partial charge in [-0.25, -0.2) is 4.39 Å². The molecule has 0 aliphatic heterocycles. The minimum absolute atomic E-state index is 0.00157. The number of aryl methyl sites for hydroxylation is 1. The molecule has 9 heteroatoms. The number of anilines is 1. The summed E-state index contributed by atoms with van der Waals surface area (Å²) in [6.45, 7) is 1.90. The molecule has 0 bridgehead atoms. The fourth-order valence-electron chi connectivity index (χ4n) is 2.95. The van der Waals surface area contributed by atoms with Gasteiger partial charge in [-0.05, 0) is 53.7 Å². The lowest BCUT2D eigenvalue weighted by molar-refractivity contribution is 0.102. The van der Waals surface area contributed by atoms with E-state index in [9.17, 15) is 9.18 Å². The van der Waals surface area contributed by atoms with Crippen molar-refractivity contribution in [1.82, 2.24) is 20.2 Å². The Morgan fingerprint density at radius 1 is 1.13 bits per heavy atom. The molecule has 0 atom stereocenters. The molecule has 0 unspecified atom stereocenters. The SMILES string of the molecule is Cc1nnnn1-c1ccc(F)c(NC(=O)c2ccccc2OCc2ccccc2Cl)c1. The molecule has 4 rings (SSSR count). The average Bonchev–Trinajstić information content (AvgIpc) is 3.21. The van der Waals surface area contributed by atoms with Gasteiger partial charge in [0, 0.05) is 10.6 Å². The van der Waals surface area contributed by atoms with Crippen molar-refractivity contribution in [1.29, 1.82) is 0 Å². The van der Waals surface area contributed by atoms with E-state index < -0.39 is 11.7 Å². The van der Waals surface area contributed by atoms with E-state index >= 15 is 0 Å². The zero-order chi connectivity index (χ0) is 21.8. The highest BCUT2D eigenvalue weighted by Gasteiger charge is 2.16. The molecule has 0 aliphatic rings. The van der Waals surface area contributed by atoms with Crippen LogP contribution in [0.25, 0.3) is 5.69 Å². The van der Waals surface area contributed by atoms with Crippen molar-refractivity contribution >= 4 is 23.2 Å². The summed E-state index contributed by atoms with van der Waals surface area (Å²) >= 11 is 6.17. The second-order valence-electron chi connectivity index (χ2n) is 6.63. The molecule has 1 heterocycles. The third kappa shape index (κ3) is 4.54. The highest BCUT2D eigenvalue weighted by Crippen LogP contribution is 2.25. The second-order valence-corrected chi connectivity index (χ2v) is 7.04. The molecule has 7 nitrogen and oxygen atoms in total. The number of tetrazole rings is 1. The first-order valence-electron chi connectivity index (χ1n) is 9.34. The molecule has 0 saturated heterocycles. The van der Waals surface area contributed by atoms with Crippen LogP contribution < -0.4 is 10.1 Å². The first kappa shape index (κ1) is 20.5. The number of carbonyl (C=O) groups excluding carboxylic acids is 1. The number of rotatable bonds is 6. The monoisotopic (exact) mass is 437 g/mol. The van der Waals surface area contributed by atoms with Gasteiger partial charge in [-0.3, -0.25) is 4.79 Å². The summed E-state index contributed by atoms with van der Waals surface area (Å²) in [5.74, 6) is -0.216. The Morgan fingerprint density at radius 2 is 1.90 bits per heavy atom. The van der Waals surface area contributed by atoms with Crippen LogP contribution in [0.1, 0.15) is 21.7 Å². The molecule has 4 aromatic rings. The molecule has 0 spiro atoms. The Hall–Kier alpha value is -3.78. The van der Waals surface area contributed by atoms with Crippen LogP contribution >= 0.6 is 11.6 Å². The number of amides is 1. The summed E-state index contributed by atoms with van der Waals surface area (Å²) in [4.78, 5) is 12.9. The molecule has 0 saturated carbocycles. The molecule has 0 fully saturated rings. The number of hydrogen-bond donors (Lipinski definition) is 1. The average molecular weight is 438 g/mol. The molecule has 3 aromatic carbocycles. The molecule has 1 aromatic heterocycles.